The molecule has 2 atom stereocenters. The van der Waals surface area contributed by atoms with E-state index in [0.717, 1.165) is 24.2 Å². The van der Waals surface area contributed by atoms with Crippen LogP contribution >= 0.6 is 15.9 Å². The molecule has 4 rings (SSSR count). The van der Waals surface area contributed by atoms with Gasteiger partial charge >= 0.3 is 5.97 Å². The molecular weight excluding hydrogens is 454 g/mol. The minimum Gasteiger partial charge on any atom is -0.489 e. The lowest BCUT2D eigenvalue weighted by Crippen LogP contribution is -2.29. The normalized spacial score (nSPS) is 19.0. The van der Waals surface area contributed by atoms with Gasteiger partial charge in [-0.2, -0.15) is 9.90 Å². The summed E-state index contributed by atoms with van der Waals surface area (Å²) in [6.07, 6.45) is 4.46. The van der Waals surface area contributed by atoms with Crippen molar-refractivity contribution in [3.05, 3.63) is 34.3 Å². The number of rotatable bonds is 6. The maximum Gasteiger partial charge on any atom is 0.306 e. The molecule has 0 spiro atoms. The van der Waals surface area contributed by atoms with Crippen molar-refractivity contribution in [2.24, 2.45) is 13.0 Å². The predicted molar refractivity (Wildman–Crippen MR) is 110 cm³/mol. The third-order valence-corrected chi connectivity index (χ3v) is 5.65. The van der Waals surface area contributed by atoms with Crippen LogP contribution in [0.1, 0.15) is 37.1 Å². The molecule has 1 aliphatic rings. The Balaban J connectivity index is 1.53. The van der Waals surface area contributed by atoms with Gasteiger partial charge in [-0.3, -0.25) is 4.79 Å². The highest BCUT2D eigenvalue weighted by atomic mass is 79.9. The number of ether oxygens (including phenoxy) is 1. The molecule has 2 unspecified atom stereocenters. The highest BCUT2D eigenvalue weighted by Gasteiger charge is 2.28. The summed E-state index contributed by atoms with van der Waals surface area (Å²) in [5.74, 6) is -0.422. The van der Waals surface area contributed by atoms with Crippen LogP contribution in [0.25, 0.3) is 11.4 Å². The molecule has 1 aliphatic carbocycles. The molecular formula is C19H22BrN7O3. The second-order valence-electron chi connectivity index (χ2n) is 7.43. The lowest BCUT2D eigenvalue weighted by Gasteiger charge is -2.27. The Hall–Kier alpha value is -2.82. The van der Waals surface area contributed by atoms with Gasteiger partial charge in [0.2, 0.25) is 0 Å². The molecule has 0 amide bonds. The van der Waals surface area contributed by atoms with Crippen LogP contribution in [0.4, 0.5) is 0 Å². The molecule has 1 fully saturated rings. The van der Waals surface area contributed by atoms with Gasteiger partial charge in [-0.25, -0.2) is 9.67 Å². The van der Waals surface area contributed by atoms with Gasteiger partial charge in [-0.1, -0.05) is 5.21 Å². The van der Waals surface area contributed by atoms with Gasteiger partial charge < -0.3 is 9.84 Å². The molecule has 0 saturated heterocycles. The number of aliphatic carboxylic acids is 1. The summed E-state index contributed by atoms with van der Waals surface area (Å²) in [4.78, 5) is 17.5. The highest BCUT2D eigenvalue weighted by molar-refractivity contribution is 9.10. The summed E-state index contributed by atoms with van der Waals surface area (Å²) in [6, 6.07) is 3.71. The van der Waals surface area contributed by atoms with Crippen molar-refractivity contribution in [1.82, 2.24) is 35.0 Å². The molecule has 1 N–H and O–H groups in total. The summed E-state index contributed by atoms with van der Waals surface area (Å²) in [5.41, 5.74) is 2.89. The van der Waals surface area contributed by atoms with Gasteiger partial charge in [0.25, 0.3) is 0 Å². The largest absolute Gasteiger partial charge is 0.489 e. The molecule has 30 heavy (non-hydrogen) atoms. The van der Waals surface area contributed by atoms with Crippen molar-refractivity contribution >= 4 is 21.9 Å². The molecule has 3 aromatic rings. The third-order valence-electron chi connectivity index (χ3n) is 5.29. The van der Waals surface area contributed by atoms with Crippen LogP contribution in [-0.4, -0.2) is 52.2 Å². The number of hydrogen-bond donors (Lipinski definition) is 1. The number of aromatic nitrogens is 7. The van der Waals surface area contributed by atoms with Crippen LogP contribution in [0.5, 0.6) is 5.75 Å². The van der Waals surface area contributed by atoms with Gasteiger partial charge in [0.15, 0.2) is 0 Å². The lowest BCUT2D eigenvalue weighted by molar-refractivity contribution is -0.143. The average molecular weight is 476 g/mol. The van der Waals surface area contributed by atoms with Crippen molar-refractivity contribution in [2.45, 2.75) is 45.3 Å². The number of halogens is 1. The van der Waals surface area contributed by atoms with Crippen LogP contribution in [0, 0.1) is 12.8 Å². The SMILES string of the molecule is Cc1nc(-c2nnn(C)c2Cn2ncc(Br)n2)ccc1OC1CCCC(C(=O)O)C1. The number of carbonyl (C=O) groups is 1. The van der Waals surface area contributed by atoms with E-state index in [1.165, 1.54) is 0 Å². The topological polar surface area (TPSA) is 121 Å². The summed E-state index contributed by atoms with van der Waals surface area (Å²) in [5, 5.41) is 26.1. The van der Waals surface area contributed by atoms with Gasteiger partial charge in [0.1, 0.15) is 22.6 Å². The summed E-state index contributed by atoms with van der Waals surface area (Å²) in [6.45, 7) is 2.28. The zero-order valence-electron chi connectivity index (χ0n) is 16.7. The Bertz CT molecular complexity index is 1060. The maximum absolute atomic E-state index is 11.3. The van der Waals surface area contributed by atoms with E-state index >= 15 is 0 Å². The molecule has 1 saturated carbocycles. The number of nitrogens with zero attached hydrogens (tertiary/aromatic N) is 7. The Morgan fingerprint density at radius 2 is 2.20 bits per heavy atom. The number of carboxylic acid groups (broad SMARTS) is 1. The Labute approximate surface area is 181 Å². The summed E-state index contributed by atoms with van der Waals surface area (Å²) < 4.78 is 8.43. The first-order valence-corrected chi connectivity index (χ1v) is 10.5. The van der Waals surface area contributed by atoms with Crippen LogP contribution in [-0.2, 0) is 18.4 Å². The fourth-order valence-electron chi connectivity index (χ4n) is 3.70. The lowest BCUT2D eigenvalue weighted by atomic mass is 9.87. The minimum atomic E-state index is -0.748. The molecule has 0 bridgehead atoms. The van der Waals surface area contributed by atoms with Gasteiger partial charge in [0.05, 0.1) is 35.3 Å². The van der Waals surface area contributed by atoms with Crippen molar-refractivity contribution < 1.29 is 14.6 Å². The van der Waals surface area contributed by atoms with Crippen LogP contribution in [0.3, 0.4) is 0 Å². The smallest absolute Gasteiger partial charge is 0.306 e. The number of carboxylic acids is 1. The second kappa shape index (κ2) is 8.50. The van der Waals surface area contributed by atoms with E-state index in [-0.39, 0.29) is 12.0 Å². The van der Waals surface area contributed by atoms with Gasteiger partial charge in [0, 0.05) is 7.05 Å². The molecule has 3 heterocycles. The molecule has 0 aliphatic heterocycles. The van der Waals surface area contributed by atoms with Crippen LogP contribution < -0.4 is 4.74 Å². The number of aryl methyl sites for hydroxylation is 2. The van der Waals surface area contributed by atoms with E-state index in [9.17, 15) is 9.90 Å². The first-order chi connectivity index (χ1) is 14.4. The number of pyridine rings is 1. The summed E-state index contributed by atoms with van der Waals surface area (Å²) in [7, 11) is 1.82. The van der Waals surface area contributed by atoms with E-state index < -0.39 is 5.97 Å². The van der Waals surface area contributed by atoms with E-state index in [4.69, 9.17) is 4.74 Å². The Morgan fingerprint density at radius 1 is 1.37 bits per heavy atom. The fraction of sp³-hybridized carbons (Fsp3) is 0.474. The minimum absolute atomic E-state index is 0.109. The standard InChI is InChI=1S/C19H22BrN7O3/c1-11-16(30-13-5-3-4-12(8-13)19(28)29)7-6-14(22-11)18-15(26(2)25-23-18)10-27-21-9-17(20)24-27/h6-7,9,12-13H,3-5,8,10H2,1-2H3,(H,28,29). The average Bonchev–Trinajstić information content (AvgIpc) is 3.29. The van der Waals surface area contributed by atoms with E-state index in [0.29, 0.717) is 41.1 Å². The molecule has 158 valence electrons. The Morgan fingerprint density at radius 3 is 2.90 bits per heavy atom. The molecule has 11 heteroatoms. The third kappa shape index (κ3) is 4.35. The fourth-order valence-corrected chi connectivity index (χ4v) is 3.97. The first-order valence-electron chi connectivity index (χ1n) is 9.72. The molecule has 0 radical (unpaired) electrons. The van der Waals surface area contributed by atoms with Crippen LogP contribution in [0.2, 0.25) is 0 Å². The maximum atomic E-state index is 11.3. The zero-order valence-corrected chi connectivity index (χ0v) is 18.3. The monoisotopic (exact) mass is 475 g/mol. The quantitative estimate of drug-likeness (QED) is 0.577. The zero-order chi connectivity index (χ0) is 21.3. The molecule has 0 aromatic carbocycles. The first kappa shape index (κ1) is 20.5. The second-order valence-corrected chi connectivity index (χ2v) is 8.24. The van der Waals surface area contributed by atoms with Crippen molar-refractivity contribution in [1.29, 1.82) is 0 Å². The summed E-state index contributed by atoms with van der Waals surface area (Å²) >= 11 is 3.30. The van der Waals surface area contributed by atoms with E-state index in [2.05, 4.69) is 41.4 Å². The Kier molecular flexibility index (Phi) is 5.80. The number of hydrogen-bond acceptors (Lipinski definition) is 7. The van der Waals surface area contributed by atoms with Crippen LogP contribution in [0.15, 0.2) is 22.9 Å². The van der Waals surface area contributed by atoms with Crippen molar-refractivity contribution in [2.75, 3.05) is 0 Å². The van der Waals surface area contributed by atoms with E-state index in [1.54, 1.807) is 15.7 Å². The van der Waals surface area contributed by atoms with Crippen molar-refractivity contribution in [3.8, 4) is 17.1 Å². The van der Waals surface area contributed by atoms with Gasteiger partial charge in [-0.15, -0.1) is 10.2 Å². The molecule has 3 aromatic heterocycles. The molecule has 10 nitrogen and oxygen atoms in total. The van der Waals surface area contributed by atoms with Gasteiger partial charge in [-0.05, 0) is 60.7 Å². The van der Waals surface area contributed by atoms with E-state index in [1.807, 2.05) is 26.1 Å². The van der Waals surface area contributed by atoms with Crippen molar-refractivity contribution in [3.63, 3.8) is 0 Å². The predicted octanol–water partition coefficient (Wildman–Crippen LogP) is 2.61. The highest BCUT2D eigenvalue weighted by Crippen LogP contribution is 2.30.